The molecule has 0 saturated heterocycles. The predicted molar refractivity (Wildman–Crippen MR) is 123 cm³/mol. The van der Waals surface area contributed by atoms with Crippen molar-refractivity contribution >= 4 is 35.1 Å². The maximum atomic E-state index is 12.9. The SMILES string of the molecule is CCOC(=O)C1=C(C)NC2=Nc3cc(C)c(C)cc3N=CC2[C@@H]1c1cccc([N+](=O)[O-])c1. The van der Waals surface area contributed by atoms with E-state index in [1.54, 1.807) is 32.2 Å². The lowest BCUT2D eigenvalue weighted by atomic mass is 9.77. The van der Waals surface area contributed by atoms with E-state index in [4.69, 9.17) is 9.73 Å². The van der Waals surface area contributed by atoms with Crippen molar-refractivity contribution in [1.29, 1.82) is 0 Å². The molecule has 0 aromatic heterocycles. The topological polar surface area (TPSA) is 106 Å². The van der Waals surface area contributed by atoms with E-state index in [0.29, 0.717) is 22.7 Å². The average Bonchev–Trinajstić information content (AvgIpc) is 2.92. The molecule has 2 atom stereocenters. The largest absolute Gasteiger partial charge is 0.463 e. The molecule has 1 N–H and O–H groups in total. The Bertz CT molecular complexity index is 1210. The monoisotopic (exact) mass is 432 g/mol. The van der Waals surface area contributed by atoms with Crippen molar-refractivity contribution in [2.24, 2.45) is 15.9 Å². The van der Waals surface area contributed by atoms with Crippen molar-refractivity contribution in [2.45, 2.75) is 33.6 Å². The van der Waals surface area contributed by atoms with Crippen LogP contribution in [0.25, 0.3) is 0 Å². The summed E-state index contributed by atoms with van der Waals surface area (Å²) >= 11 is 0. The van der Waals surface area contributed by atoms with Crippen LogP contribution >= 0.6 is 0 Å². The maximum Gasteiger partial charge on any atom is 0.336 e. The van der Waals surface area contributed by atoms with Crippen LogP contribution in [0.3, 0.4) is 0 Å². The molecule has 0 saturated carbocycles. The van der Waals surface area contributed by atoms with E-state index in [0.717, 1.165) is 22.5 Å². The van der Waals surface area contributed by atoms with Crippen LogP contribution in [0.2, 0.25) is 0 Å². The summed E-state index contributed by atoms with van der Waals surface area (Å²) in [5.41, 5.74) is 5.30. The summed E-state index contributed by atoms with van der Waals surface area (Å²) in [6.45, 7) is 7.80. The van der Waals surface area contributed by atoms with E-state index in [1.165, 1.54) is 12.1 Å². The highest BCUT2D eigenvalue weighted by molar-refractivity contribution is 6.08. The predicted octanol–water partition coefficient (Wildman–Crippen LogP) is 4.80. The van der Waals surface area contributed by atoms with Crippen molar-refractivity contribution < 1.29 is 14.5 Å². The number of amidine groups is 1. The first-order valence-electron chi connectivity index (χ1n) is 10.4. The number of aliphatic imine (C=N–C) groups is 2. The lowest BCUT2D eigenvalue weighted by molar-refractivity contribution is -0.384. The van der Waals surface area contributed by atoms with Crippen molar-refractivity contribution in [3.63, 3.8) is 0 Å². The van der Waals surface area contributed by atoms with Gasteiger partial charge in [0.2, 0.25) is 0 Å². The van der Waals surface area contributed by atoms with Crippen LogP contribution in [-0.2, 0) is 9.53 Å². The molecule has 0 spiro atoms. The number of hydrogen-bond acceptors (Lipinski definition) is 7. The van der Waals surface area contributed by atoms with Gasteiger partial charge >= 0.3 is 5.97 Å². The van der Waals surface area contributed by atoms with E-state index in [9.17, 15) is 14.9 Å². The summed E-state index contributed by atoms with van der Waals surface area (Å²) in [5.74, 6) is -0.782. The lowest BCUT2D eigenvalue weighted by Gasteiger charge is -2.33. The molecule has 32 heavy (non-hydrogen) atoms. The van der Waals surface area contributed by atoms with Crippen molar-refractivity contribution in [3.8, 4) is 0 Å². The summed E-state index contributed by atoms with van der Waals surface area (Å²) in [4.78, 5) is 33.4. The number of ether oxygens (including phenoxy) is 1. The van der Waals surface area contributed by atoms with Crippen LogP contribution in [0, 0.1) is 29.9 Å². The molecular weight excluding hydrogens is 408 g/mol. The van der Waals surface area contributed by atoms with Crippen LogP contribution in [0.1, 0.15) is 36.5 Å². The second-order valence-corrected chi connectivity index (χ2v) is 7.94. The number of carbonyl (C=O) groups excluding carboxylic acids is 1. The zero-order chi connectivity index (χ0) is 23.0. The van der Waals surface area contributed by atoms with Crippen LogP contribution in [0.5, 0.6) is 0 Å². The van der Waals surface area contributed by atoms with E-state index in [2.05, 4.69) is 10.3 Å². The molecular formula is C24H24N4O4. The second-order valence-electron chi connectivity index (χ2n) is 7.94. The van der Waals surface area contributed by atoms with Gasteiger partial charge in [-0.05, 0) is 56.5 Å². The minimum atomic E-state index is -0.533. The summed E-state index contributed by atoms with van der Waals surface area (Å²) in [5, 5.41) is 14.7. The summed E-state index contributed by atoms with van der Waals surface area (Å²) in [6.07, 6.45) is 1.77. The minimum absolute atomic E-state index is 0.0412. The number of esters is 1. The Balaban J connectivity index is 1.91. The quantitative estimate of drug-likeness (QED) is 0.424. The Morgan fingerprint density at radius 3 is 2.56 bits per heavy atom. The smallest absolute Gasteiger partial charge is 0.336 e. The summed E-state index contributed by atoms with van der Waals surface area (Å²) in [6, 6.07) is 10.3. The molecule has 2 heterocycles. The van der Waals surface area contributed by atoms with E-state index < -0.39 is 22.7 Å². The number of fused-ring (bicyclic) bond motifs is 2. The number of hydrogen-bond donors (Lipinski definition) is 1. The first-order valence-corrected chi connectivity index (χ1v) is 10.4. The summed E-state index contributed by atoms with van der Waals surface area (Å²) < 4.78 is 5.33. The van der Waals surface area contributed by atoms with Gasteiger partial charge in [-0.25, -0.2) is 9.79 Å². The second kappa shape index (κ2) is 8.37. The third kappa shape index (κ3) is 3.79. The van der Waals surface area contributed by atoms with Gasteiger partial charge in [0.15, 0.2) is 0 Å². The molecule has 2 aromatic carbocycles. The molecule has 164 valence electrons. The van der Waals surface area contributed by atoms with Crippen LogP contribution in [0.4, 0.5) is 17.1 Å². The fourth-order valence-electron chi connectivity index (χ4n) is 4.14. The van der Waals surface area contributed by atoms with Gasteiger partial charge in [-0.2, -0.15) is 0 Å². The Morgan fingerprint density at radius 1 is 1.16 bits per heavy atom. The average molecular weight is 432 g/mol. The highest BCUT2D eigenvalue weighted by Crippen LogP contribution is 2.42. The Labute approximate surface area is 185 Å². The molecule has 0 fully saturated rings. The van der Waals surface area contributed by atoms with Crippen molar-refractivity contribution in [2.75, 3.05) is 6.61 Å². The van der Waals surface area contributed by atoms with Crippen LogP contribution in [0.15, 0.2) is 57.7 Å². The lowest BCUT2D eigenvalue weighted by Crippen LogP contribution is -2.42. The number of carbonyl (C=O) groups is 1. The Kier molecular flexibility index (Phi) is 5.61. The number of nitrogens with zero attached hydrogens (tertiary/aromatic N) is 3. The first kappa shape index (κ1) is 21.4. The number of aryl methyl sites for hydroxylation is 2. The maximum absolute atomic E-state index is 12.9. The Hall–Kier alpha value is -3.81. The zero-order valence-corrected chi connectivity index (χ0v) is 18.4. The van der Waals surface area contributed by atoms with E-state index in [1.807, 2.05) is 26.0 Å². The third-order valence-corrected chi connectivity index (χ3v) is 5.85. The standard InChI is InChI=1S/C24H24N4O4/c1-5-32-24(29)21-15(4)26-23-18(22(21)16-7-6-8-17(11-16)28(30)31)12-25-19-9-13(2)14(3)10-20(19)27-23/h6-12,18,22H,5H2,1-4H3,(H,26,27)/t18?,22-/m0/s1. The fraction of sp³-hybridized carbons (Fsp3) is 0.292. The molecule has 2 aromatic rings. The number of allylic oxidation sites excluding steroid dienone is 1. The van der Waals surface area contributed by atoms with Crippen LogP contribution in [-0.4, -0.2) is 29.5 Å². The first-order chi connectivity index (χ1) is 15.3. The number of nitrogens with one attached hydrogen (secondary N) is 1. The van der Waals surface area contributed by atoms with Gasteiger partial charge in [-0.15, -0.1) is 0 Å². The number of non-ortho nitro benzene ring substituents is 1. The molecule has 0 aliphatic carbocycles. The Morgan fingerprint density at radius 2 is 1.88 bits per heavy atom. The van der Waals surface area contributed by atoms with Gasteiger partial charge in [0.1, 0.15) is 5.84 Å². The molecule has 8 heteroatoms. The van der Waals surface area contributed by atoms with Crippen LogP contribution < -0.4 is 5.32 Å². The molecule has 8 nitrogen and oxygen atoms in total. The van der Waals surface area contributed by atoms with E-state index in [-0.39, 0.29) is 12.3 Å². The number of benzene rings is 2. The highest BCUT2D eigenvalue weighted by Gasteiger charge is 2.40. The number of rotatable bonds is 4. The molecule has 2 aliphatic heterocycles. The molecule has 0 amide bonds. The molecule has 2 aliphatic rings. The van der Waals surface area contributed by atoms with Gasteiger partial charge in [-0.1, -0.05) is 12.1 Å². The fourth-order valence-corrected chi connectivity index (χ4v) is 4.14. The zero-order valence-electron chi connectivity index (χ0n) is 18.4. The minimum Gasteiger partial charge on any atom is -0.463 e. The van der Waals surface area contributed by atoms with Crippen molar-refractivity contribution in [1.82, 2.24) is 5.32 Å². The number of nitro benzene ring substituents is 1. The molecule has 1 unspecified atom stereocenters. The van der Waals surface area contributed by atoms with Gasteiger partial charge in [0.25, 0.3) is 5.69 Å². The van der Waals surface area contributed by atoms with E-state index >= 15 is 0 Å². The highest BCUT2D eigenvalue weighted by atomic mass is 16.6. The third-order valence-electron chi connectivity index (χ3n) is 5.85. The summed E-state index contributed by atoms with van der Waals surface area (Å²) in [7, 11) is 0. The normalized spacial score (nSPS) is 19.3. The molecule has 0 bridgehead atoms. The number of nitro groups is 1. The van der Waals surface area contributed by atoms with Crippen molar-refractivity contribution in [3.05, 3.63) is 74.5 Å². The van der Waals surface area contributed by atoms with Gasteiger partial charge < -0.3 is 10.1 Å². The van der Waals surface area contributed by atoms with Gasteiger partial charge in [-0.3, -0.25) is 15.1 Å². The van der Waals surface area contributed by atoms with Gasteiger partial charge in [0, 0.05) is 30.0 Å². The molecule has 4 rings (SSSR count). The molecule has 0 radical (unpaired) electrons. The van der Waals surface area contributed by atoms with Gasteiger partial charge in [0.05, 0.1) is 34.4 Å².